The van der Waals surface area contributed by atoms with E-state index in [1.54, 1.807) is 0 Å². The van der Waals surface area contributed by atoms with Gasteiger partial charge < -0.3 is 9.80 Å². The van der Waals surface area contributed by atoms with Crippen LogP contribution in [0.5, 0.6) is 0 Å². The molecule has 1 amide bonds. The number of carbonyl (C=O) groups is 1. The van der Waals surface area contributed by atoms with Crippen molar-refractivity contribution in [1.82, 2.24) is 9.80 Å². The zero-order chi connectivity index (χ0) is 14.7. The van der Waals surface area contributed by atoms with Crippen LogP contribution in [-0.4, -0.2) is 42.4 Å². The maximum absolute atomic E-state index is 12.3. The molecule has 0 atom stereocenters. The second-order valence-corrected chi connectivity index (χ2v) is 6.55. The number of benzene rings is 1. The van der Waals surface area contributed by atoms with E-state index in [4.69, 9.17) is 0 Å². The molecule has 3 nitrogen and oxygen atoms in total. The maximum atomic E-state index is 12.3. The van der Waals surface area contributed by atoms with Crippen molar-refractivity contribution in [3.05, 3.63) is 57.8 Å². The van der Waals surface area contributed by atoms with Crippen molar-refractivity contribution >= 4 is 17.2 Å². The van der Waals surface area contributed by atoms with Crippen LogP contribution in [0.15, 0.2) is 41.8 Å². The highest BCUT2D eigenvalue weighted by Gasteiger charge is 2.26. The summed E-state index contributed by atoms with van der Waals surface area (Å²) in [5.74, 6) is 0.178. The highest BCUT2D eigenvalue weighted by atomic mass is 32.1. The van der Waals surface area contributed by atoms with Gasteiger partial charge in [-0.3, -0.25) is 4.79 Å². The number of hydrogen-bond donors (Lipinski definition) is 0. The molecule has 0 saturated carbocycles. The molecule has 1 aliphatic rings. The predicted molar refractivity (Wildman–Crippen MR) is 86.7 cm³/mol. The molecular weight excluding hydrogens is 280 g/mol. The number of nitrogens with zero attached hydrogens (tertiary/aromatic N) is 2. The smallest absolute Gasteiger partial charge is 0.254 e. The van der Waals surface area contributed by atoms with Crippen LogP contribution in [0.4, 0.5) is 0 Å². The van der Waals surface area contributed by atoms with Gasteiger partial charge in [-0.15, -0.1) is 11.3 Å². The van der Waals surface area contributed by atoms with E-state index in [-0.39, 0.29) is 5.91 Å². The SMILES string of the molecule is CN(CCc1cccs1)CCN1Cc2ccccc2C1=O. The van der Waals surface area contributed by atoms with Crippen LogP contribution in [0.2, 0.25) is 0 Å². The molecule has 2 heterocycles. The molecule has 1 aromatic carbocycles. The molecule has 110 valence electrons. The minimum Gasteiger partial charge on any atom is -0.333 e. The van der Waals surface area contributed by atoms with Gasteiger partial charge in [-0.1, -0.05) is 24.3 Å². The van der Waals surface area contributed by atoms with Crippen molar-refractivity contribution in [3.63, 3.8) is 0 Å². The first kappa shape index (κ1) is 14.3. The number of carbonyl (C=O) groups excluding carboxylic acids is 1. The molecule has 0 unspecified atom stereocenters. The molecule has 0 saturated heterocycles. The lowest BCUT2D eigenvalue weighted by molar-refractivity contribution is 0.0764. The van der Waals surface area contributed by atoms with Gasteiger partial charge in [-0.25, -0.2) is 0 Å². The first-order valence-corrected chi connectivity index (χ1v) is 8.20. The molecule has 0 bridgehead atoms. The summed E-state index contributed by atoms with van der Waals surface area (Å²) in [4.78, 5) is 17.9. The molecule has 0 radical (unpaired) electrons. The lowest BCUT2D eigenvalue weighted by Gasteiger charge is -2.21. The third-order valence-electron chi connectivity index (χ3n) is 3.97. The standard InChI is InChI=1S/C17H20N2OS/c1-18(9-8-15-6-4-12-21-15)10-11-19-13-14-5-2-3-7-16(14)17(19)20/h2-7,12H,8-11,13H2,1H3. The second-order valence-electron chi connectivity index (χ2n) is 5.52. The molecule has 0 spiro atoms. The Morgan fingerprint density at radius 1 is 1.19 bits per heavy atom. The van der Waals surface area contributed by atoms with Gasteiger partial charge in [0.2, 0.25) is 0 Å². The van der Waals surface area contributed by atoms with Gasteiger partial charge in [0, 0.05) is 36.6 Å². The van der Waals surface area contributed by atoms with Gasteiger partial charge >= 0.3 is 0 Å². The third kappa shape index (κ3) is 3.34. The summed E-state index contributed by atoms with van der Waals surface area (Å²) in [7, 11) is 2.13. The van der Waals surface area contributed by atoms with Gasteiger partial charge in [-0.05, 0) is 36.5 Å². The highest BCUT2D eigenvalue weighted by Crippen LogP contribution is 2.21. The monoisotopic (exact) mass is 300 g/mol. The molecule has 1 aromatic heterocycles. The van der Waals surface area contributed by atoms with Crippen LogP contribution >= 0.6 is 11.3 Å². The van der Waals surface area contributed by atoms with Gasteiger partial charge in [-0.2, -0.15) is 0 Å². The zero-order valence-electron chi connectivity index (χ0n) is 12.3. The summed E-state index contributed by atoms with van der Waals surface area (Å²) < 4.78 is 0. The van der Waals surface area contributed by atoms with Crippen molar-refractivity contribution in [2.45, 2.75) is 13.0 Å². The van der Waals surface area contributed by atoms with Crippen LogP contribution < -0.4 is 0 Å². The summed E-state index contributed by atoms with van der Waals surface area (Å²) in [6.07, 6.45) is 1.09. The Morgan fingerprint density at radius 2 is 2.05 bits per heavy atom. The highest BCUT2D eigenvalue weighted by molar-refractivity contribution is 7.09. The van der Waals surface area contributed by atoms with Gasteiger partial charge in [0.05, 0.1) is 0 Å². The van der Waals surface area contributed by atoms with Gasteiger partial charge in [0.1, 0.15) is 0 Å². The molecule has 0 fully saturated rings. The number of amides is 1. The van der Waals surface area contributed by atoms with E-state index < -0.39 is 0 Å². The first-order valence-electron chi connectivity index (χ1n) is 7.32. The Hall–Kier alpha value is -1.65. The average Bonchev–Trinajstić information content (AvgIpc) is 3.12. The fraction of sp³-hybridized carbons (Fsp3) is 0.353. The molecule has 0 N–H and O–H groups in total. The summed E-state index contributed by atoms with van der Waals surface area (Å²) in [6.45, 7) is 3.52. The number of likely N-dealkylation sites (N-methyl/N-ethyl adjacent to an activating group) is 1. The van der Waals surface area contributed by atoms with Crippen LogP contribution in [0.3, 0.4) is 0 Å². The number of hydrogen-bond acceptors (Lipinski definition) is 3. The largest absolute Gasteiger partial charge is 0.333 e. The lowest BCUT2D eigenvalue weighted by Crippen LogP contribution is -2.34. The summed E-state index contributed by atoms with van der Waals surface area (Å²) in [5.41, 5.74) is 2.03. The second kappa shape index (κ2) is 6.41. The van der Waals surface area contributed by atoms with Crippen LogP contribution in [0.1, 0.15) is 20.8 Å². The van der Waals surface area contributed by atoms with Crippen molar-refractivity contribution in [2.24, 2.45) is 0 Å². The van der Waals surface area contributed by atoms with E-state index in [0.29, 0.717) is 0 Å². The molecule has 4 heteroatoms. The van der Waals surface area contributed by atoms with Gasteiger partial charge in [0.25, 0.3) is 5.91 Å². The van der Waals surface area contributed by atoms with Crippen molar-refractivity contribution in [1.29, 1.82) is 0 Å². The number of thiophene rings is 1. The van der Waals surface area contributed by atoms with E-state index in [1.807, 2.05) is 40.5 Å². The van der Waals surface area contributed by atoms with Crippen molar-refractivity contribution in [2.75, 3.05) is 26.7 Å². The predicted octanol–water partition coefficient (Wildman–Crippen LogP) is 2.88. The first-order chi connectivity index (χ1) is 10.2. The molecule has 1 aliphatic heterocycles. The van der Waals surface area contributed by atoms with E-state index in [2.05, 4.69) is 29.5 Å². The quantitative estimate of drug-likeness (QED) is 0.819. The maximum Gasteiger partial charge on any atom is 0.254 e. The van der Waals surface area contributed by atoms with E-state index >= 15 is 0 Å². The van der Waals surface area contributed by atoms with E-state index in [1.165, 1.54) is 4.88 Å². The normalized spacial score (nSPS) is 14.0. The fourth-order valence-electron chi connectivity index (χ4n) is 2.65. The zero-order valence-corrected chi connectivity index (χ0v) is 13.1. The lowest BCUT2D eigenvalue weighted by atomic mass is 10.1. The summed E-state index contributed by atoms with van der Waals surface area (Å²) in [6, 6.07) is 12.2. The topological polar surface area (TPSA) is 23.6 Å². The fourth-order valence-corrected chi connectivity index (χ4v) is 3.35. The molecule has 2 aromatic rings. The Kier molecular flexibility index (Phi) is 4.36. The Bertz CT molecular complexity index is 609. The summed E-state index contributed by atoms with van der Waals surface area (Å²) >= 11 is 1.81. The van der Waals surface area contributed by atoms with E-state index in [9.17, 15) is 4.79 Å². The summed E-state index contributed by atoms with van der Waals surface area (Å²) in [5, 5.41) is 2.12. The minimum absolute atomic E-state index is 0.178. The van der Waals surface area contributed by atoms with Crippen LogP contribution in [0, 0.1) is 0 Å². The Labute approximate surface area is 129 Å². The number of rotatable bonds is 6. The van der Waals surface area contributed by atoms with Crippen molar-refractivity contribution < 1.29 is 4.79 Å². The minimum atomic E-state index is 0.178. The average molecular weight is 300 g/mol. The Balaban J connectivity index is 1.47. The van der Waals surface area contributed by atoms with Gasteiger partial charge in [0.15, 0.2) is 0 Å². The molecule has 3 rings (SSSR count). The number of fused-ring (bicyclic) bond motifs is 1. The van der Waals surface area contributed by atoms with Crippen LogP contribution in [0.25, 0.3) is 0 Å². The van der Waals surface area contributed by atoms with Crippen molar-refractivity contribution in [3.8, 4) is 0 Å². The molecule has 0 aliphatic carbocycles. The Morgan fingerprint density at radius 3 is 2.81 bits per heavy atom. The third-order valence-corrected chi connectivity index (χ3v) is 4.90. The molecule has 21 heavy (non-hydrogen) atoms. The van der Waals surface area contributed by atoms with Crippen LogP contribution in [-0.2, 0) is 13.0 Å². The van der Waals surface area contributed by atoms with E-state index in [0.717, 1.165) is 43.7 Å². The molecular formula is C17H20N2OS.